The molecule has 5 nitrogen and oxygen atoms in total. The normalized spacial score (nSPS) is 30.9. The number of halogens is 1. The van der Waals surface area contributed by atoms with E-state index in [0.29, 0.717) is 18.1 Å². The van der Waals surface area contributed by atoms with Crippen molar-refractivity contribution in [1.29, 1.82) is 0 Å². The summed E-state index contributed by atoms with van der Waals surface area (Å²) in [5, 5.41) is 8.07. The van der Waals surface area contributed by atoms with Gasteiger partial charge in [-0.1, -0.05) is 0 Å². The summed E-state index contributed by atoms with van der Waals surface area (Å²) in [4.78, 5) is 5.21. The second-order valence-electron chi connectivity index (χ2n) is 6.09. The first-order valence-electron chi connectivity index (χ1n) is 7.48. The second kappa shape index (κ2) is 5.75. The van der Waals surface area contributed by atoms with Gasteiger partial charge in [0.1, 0.15) is 0 Å². The van der Waals surface area contributed by atoms with Crippen molar-refractivity contribution in [2.75, 3.05) is 39.8 Å². The van der Waals surface area contributed by atoms with Gasteiger partial charge in [-0.05, 0) is 36.8 Å². The number of likely N-dealkylation sites (N-methyl/N-ethyl adjacent to an activating group) is 1. The maximum atomic E-state index is 4.54. The Morgan fingerprint density at radius 3 is 2.50 bits per heavy atom. The van der Waals surface area contributed by atoms with Crippen LogP contribution in [0.25, 0.3) is 0 Å². The van der Waals surface area contributed by atoms with E-state index >= 15 is 0 Å². The Balaban J connectivity index is 1.92. The van der Waals surface area contributed by atoms with Gasteiger partial charge < -0.3 is 5.32 Å². The zero-order valence-electron chi connectivity index (χ0n) is 12.5. The number of hydrogen-bond donors (Lipinski definition) is 1. The van der Waals surface area contributed by atoms with E-state index < -0.39 is 0 Å². The van der Waals surface area contributed by atoms with Gasteiger partial charge in [0.25, 0.3) is 0 Å². The number of nitrogens with one attached hydrogen (secondary N) is 1. The van der Waals surface area contributed by atoms with Gasteiger partial charge in [0.05, 0.1) is 22.4 Å². The van der Waals surface area contributed by atoms with Crippen LogP contribution in [0.3, 0.4) is 0 Å². The molecule has 2 unspecified atom stereocenters. The zero-order chi connectivity index (χ0) is 14.3. The Kier molecular flexibility index (Phi) is 4.17. The quantitative estimate of drug-likeness (QED) is 0.900. The summed E-state index contributed by atoms with van der Waals surface area (Å²) >= 11 is 3.69. The fraction of sp³-hybridized carbons (Fsp3) is 0.786. The van der Waals surface area contributed by atoms with Crippen molar-refractivity contribution in [3.8, 4) is 0 Å². The third-order valence-corrected chi connectivity index (χ3v) is 5.20. The molecule has 2 atom stereocenters. The Morgan fingerprint density at radius 2 is 2.00 bits per heavy atom. The monoisotopic (exact) mass is 341 g/mol. The van der Waals surface area contributed by atoms with Gasteiger partial charge in [-0.2, -0.15) is 5.10 Å². The molecule has 0 spiro atoms. The van der Waals surface area contributed by atoms with Crippen LogP contribution < -0.4 is 5.32 Å². The maximum Gasteiger partial charge on any atom is 0.0715 e. The molecule has 4 rings (SSSR count). The molecule has 0 saturated carbocycles. The van der Waals surface area contributed by atoms with Crippen molar-refractivity contribution in [3.63, 3.8) is 0 Å². The predicted octanol–water partition coefficient (Wildman–Crippen LogP) is 1.49. The van der Waals surface area contributed by atoms with Crippen LogP contribution in [0.15, 0.2) is 10.7 Å². The van der Waals surface area contributed by atoms with Crippen LogP contribution in [-0.4, -0.2) is 65.4 Å². The van der Waals surface area contributed by atoms with E-state index in [4.69, 9.17) is 0 Å². The van der Waals surface area contributed by atoms with Gasteiger partial charge in [0, 0.05) is 44.8 Å². The highest BCUT2D eigenvalue weighted by molar-refractivity contribution is 9.10. The molecule has 1 aromatic rings. The first kappa shape index (κ1) is 14.5. The molecule has 1 aromatic heterocycles. The van der Waals surface area contributed by atoms with Crippen LogP contribution in [-0.2, 0) is 0 Å². The van der Waals surface area contributed by atoms with E-state index in [1.807, 2.05) is 6.20 Å². The van der Waals surface area contributed by atoms with Gasteiger partial charge in [0.2, 0.25) is 0 Å². The molecular formula is C14H24BrN5. The molecule has 0 aliphatic carbocycles. The molecule has 4 heterocycles. The topological polar surface area (TPSA) is 36.3 Å². The molecular weight excluding hydrogens is 318 g/mol. The number of fused-ring (bicyclic) bond motifs is 3. The van der Waals surface area contributed by atoms with Gasteiger partial charge in [-0.3, -0.25) is 14.5 Å². The number of nitrogens with zero attached hydrogens (tertiary/aromatic N) is 4. The van der Waals surface area contributed by atoms with Crippen LogP contribution in [0.1, 0.15) is 31.6 Å². The Bertz CT molecular complexity index is 464. The van der Waals surface area contributed by atoms with Crippen LogP contribution >= 0.6 is 15.9 Å². The summed E-state index contributed by atoms with van der Waals surface area (Å²) in [6.45, 7) is 10.3. The average Bonchev–Trinajstić information content (AvgIpc) is 2.84. The summed E-state index contributed by atoms with van der Waals surface area (Å²) in [6, 6.07) is 1.23. The molecule has 3 aliphatic rings. The molecule has 112 valence electrons. The fourth-order valence-corrected chi connectivity index (χ4v) is 4.06. The van der Waals surface area contributed by atoms with Crippen LogP contribution in [0.4, 0.5) is 0 Å². The van der Waals surface area contributed by atoms with Crippen molar-refractivity contribution in [2.45, 2.75) is 32.0 Å². The average molecular weight is 342 g/mol. The zero-order valence-corrected chi connectivity index (χ0v) is 14.1. The van der Waals surface area contributed by atoms with Crippen molar-refractivity contribution in [1.82, 2.24) is 24.9 Å². The van der Waals surface area contributed by atoms with Gasteiger partial charge >= 0.3 is 0 Å². The molecule has 0 radical (unpaired) electrons. The standard InChI is InChI=1S/C14H24BrN5/c1-10(2)20-14(11(15)8-17-20)13(16-3)12-9-18-4-6-19(12)7-5-18/h8,10,12-13,16H,4-7,9H2,1-3H3. The Labute approximate surface area is 129 Å². The molecule has 1 N–H and O–H groups in total. The molecule has 20 heavy (non-hydrogen) atoms. The minimum Gasteiger partial charge on any atom is -0.310 e. The SMILES string of the molecule is CNC(c1c(Br)cnn1C(C)C)C1CN2CCN1CC2. The lowest BCUT2D eigenvalue weighted by atomic mass is 9.97. The summed E-state index contributed by atoms with van der Waals surface area (Å²) < 4.78 is 3.26. The van der Waals surface area contributed by atoms with E-state index in [0.717, 1.165) is 11.0 Å². The number of hydrogen-bond acceptors (Lipinski definition) is 4. The third-order valence-electron chi connectivity index (χ3n) is 4.59. The molecule has 6 heteroatoms. The number of aromatic nitrogens is 2. The van der Waals surface area contributed by atoms with E-state index in [1.54, 1.807) is 0 Å². The lowest BCUT2D eigenvalue weighted by Gasteiger charge is -2.50. The Hall–Kier alpha value is -0.430. The molecule has 2 bridgehead atoms. The van der Waals surface area contributed by atoms with Gasteiger partial charge in [-0.25, -0.2) is 0 Å². The van der Waals surface area contributed by atoms with Crippen molar-refractivity contribution in [2.24, 2.45) is 0 Å². The first-order chi connectivity index (χ1) is 9.61. The highest BCUT2D eigenvalue weighted by atomic mass is 79.9. The predicted molar refractivity (Wildman–Crippen MR) is 83.9 cm³/mol. The van der Waals surface area contributed by atoms with Crippen LogP contribution in [0.2, 0.25) is 0 Å². The summed E-state index contributed by atoms with van der Waals surface area (Å²) in [7, 11) is 2.06. The molecule has 3 fully saturated rings. The number of piperazine rings is 3. The molecule has 0 amide bonds. The molecule has 3 saturated heterocycles. The van der Waals surface area contributed by atoms with Crippen LogP contribution in [0, 0.1) is 0 Å². The molecule has 3 aliphatic heterocycles. The highest BCUT2D eigenvalue weighted by Crippen LogP contribution is 2.32. The van der Waals surface area contributed by atoms with Gasteiger partial charge in [0.15, 0.2) is 0 Å². The summed E-state index contributed by atoms with van der Waals surface area (Å²) in [5.74, 6) is 0. The smallest absolute Gasteiger partial charge is 0.0715 e. The summed E-state index contributed by atoms with van der Waals surface area (Å²) in [5.41, 5.74) is 1.28. The minimum absolute atomic E-state index is 0.317. The lowest BCUT2D eigenvalue weighted by Crippen LogP contribution is -2.64. The summed E-state index contributed by atoms with van der Waals surface area (Å²) in [6.07, 6.45) is 1.93. The van der Waals surface area contributed by atoms with Crippen molar-refractivity contribution in [3.05, 3.63) is 16.4 Å². The van der Waals surface area contributed by atoms with Crippen molar-refractivity contribution >= 4 is 15.9 Å². The lowest BCUT2D eigenvalue weighted by molar-refractivity contribution is -0.00407. The molecule has 0 aromatic carbocycles. The van der Waals surface area contributed by atoms with E-state index in [9.17, 15) is 0 Å². The largest absolute Gasteiger partial charge is 0.310 e. The van der Waals surface area contributed by atoms with E-state index in [1.165, 1.54) is 31.9 Å². The first-order valence-corrected chi connectivity index (χ1v) is 8.27. The van der Waals surface area contributed by atoms with E-state index in [2.05, 4.69) is 61.7 Å². The second-order valence-corrected chi connectivity index (χ2v) is 6.94. The fourth-order valence-electron chi connectivity index (χ4n) is 3.54. The van der Waals surface area contributed by atoms with Gasteiger partial charge in [-0.15, -0.1) is 0 Å². The number of rotatable bonds is 4. The van der Waals surface area contributed by atoms with E-state index in [-0.39, 0.29) is 0 Å². The Morgan fingerprint density at radius 1 is 1.30 bits per heavy atom. The van der Waals surface area contributed by atoms with Crippen LogP contribution in [0.5, 0.6) is 0 Å². The maximum absolute atomic E-state index is 4.54. The third kappa shape index (κ3) is 2.43. The minimum atomic E-state index is 0.317. The van der Waals surface area contributed by atoms with Crippen molar-refractivity contribution < 1.29 is 0 Å². The highest BCUT2D eigenvalue weighted by Gasteiger charge is 2.38.